The number of anilines is 3. The molecule has 7 rings (SSSR count). The molecule has 35 heavy (non-hydrogen) atoms. The predicted molar refractivity (Wildman–Crippen MR) is 134 cm³/mol. The molecule has 0 radical (unpaired) electrons. The summed E-state index contributed by atoms with van der Waals surface area (Å²) in [6.07, 6.45) is 8.10. The highest BCUT2D eigenvalue weighted by atomic mass is 16.5. The molecule has 180 valence electrons. The Morgan fingerprint density at radius 2 is 1.83 bits per heavy atom. The van der Waals surface area contributed by atoms with Crippen molar-refractivity contribution >= 4 is 28.4 Å². The summed E-state index contributed by atoms with van der Waals surface area (Å²) >= 11 is 0. The van der Waals surface area contributed by atoms with Gasteiger partial charge in [-0.1, -0.05) is 6.07 Å². The van der Waals surface area contributed by atoms with Gasteiger partial charge in [0, 0.05) is 51.1 Å². The van der Waals surface area contributed by atoms with E-state index in [1.165, 1.54) is 18.5 Å². The van der Waals surface area contributed by atoms with E-state index in [2.05, 4.69) is 48.1 Å². The Balaban J connectivity index is 1.27. The van der Waals surface area contributed by atoms with Gasteiger partial charge >= 0.3 is 0 Å². The second kappa shape index (κ2) is 8.53. The van der Waals surface area contributed by atoms with Gasteiger partial charge in [0.05, 0.1) is 42.7 Å². The van der Waals surface area contributed by atoms with E-state index >= 15 is 0 Å². The topological polar surface area (TPSA) is 91.2 Å². The molecule has 0 aromatic carbocycles. The Morgan fingerprint density at radius 3 is 2.60 bits per heavy atom. The molecule has 10 nitrogen and oxygen atoms in total. The maximum absolute atomic E-state index is 5.87. The van der Waals surface area contributed by atoms with E-state index < -0.39 is 0 Å². The second-order valence-corrected chi connectivity index (χ2v) is 9.57. The zero-order chi connectivity index (χ0) is 23.2. The van der Waals surface area contributed by atoms with Crippen LogP contribution in [-0.4, -0.2) is 81.9 Å². The molecular formula is C25H29N9O. The van der Waals surface area contributed by atoms with E-state index in [1.807, 2.05) is 29.2 Å². The summed E-state index contributed by atoms with van der Waals surface area (Å²) in [5.41, 5.74) is 2.05. The number of nitrogens with zero attached hydrogens (tertiary/aromatic N) is 8. The average molecular weight is 472 g/mol. The van der Waals surface area contributed by atoms with Gasteiger partial charge in [0.15, 0.2) is 11.5 Å². The highest BCUT2D eigenvalue weighted by Crippen LogP contribution is 2.40. The first-order valence-corrected chi connectivity index (χ1v) is 12.5. The number of ether oxygens (including phenoxy) is 1. The van der Waals surface area contributed by atoms with Crippen LogP contribution in [0.3, 0.4) is 0 Å². The van der Waals surface area contributed by atoms with Gasteiger partial charge in [-0.25, -0.2) is 9.97 Å². The normalized spacial score (nSPS) is 21.1. The number of aromatic amines is 1. The number of piperazine rings is 1. The summed E-state index contributed by atoms with van der Waals surface area (Å²) in [7, 11) is 0. The predicted octanol–water partition coefficient (Wildman–Crippen LogP) is 2.48. The molecule has 2 saturated heterocycles. The third-order valence-corrected chi connectivity index (χ3v) is 7.44. The standard InChI is InChI=1S/C25H29N9O/c1-2-7-26-22(3-1)32-11-9-31(10-12-32)20-15-24(33-13-14-35-17-21(33)18-4-5-18)29-25-19(20)16-28-34(25)23-6-8-27-30-23/h1-3,6-8,15-16,18,21H,4-5,9-14,17H2,(H,27,30)/t21-/m0/s1. The van der Waals surface area contributed by atoms with Crippen molar-refractivity contribution in [3.05, 3.63) is 48.9 Å². The van der Waals surface area contributed by atoms with Crippen LogP contribution in [0, 0.1) is 5.92 Å². The second-order valence-electron chi connectivity index (χ2n) is 9.57. The smallest absolute Gasteiger partial charge is 0.169 e. The average Bonchev–Trinajstić information content (AvgIpc) is 3.45. The Hall–Kier alpha value is -3.66. The molecule has 3 fully saturated rings. The van der Waals surface area contributed by atoms with Gasteiger partial charge in [-0.3, -0.25) is 5.10 Å². The Morgan fingerprint density at radius 1 is 0.943 bits per heavy atom. The molecule has 2 aliphatic heterocycles. The van der Waals surface area contributed by atoms with Gasteiger partial charge < -0.3 is 19.4 Å². The number of aromatic nitrogens is 6. The maximum Gasteiger partial charge on any atom is 0.169 e. The molecule has 6 heterocycles. The van der Waals surface area contributed by atoms with Crippen molar-refractivity contribution < 1.29 is 4.74 Å². The van der Waals surface area contributed by atoms with E-state index in [4.69, 9.17) is 14.8 Å². The van der Waals surface area contributed by atoms with Gasteiger partial charge in [-0.15, -0.1) is 0 Å². The monoisotopic (exact) mass is 471 g/mol. The van der Waals surface area contributed by atoms with E-state index in [1.54, 1.807) is 6.20 Å². The molecular weight excluding hydrogens is 442 g/mol. The molecule has 4 aromatic heterocycles. The van der Waals surface area contributed by atoms with E-state index in [-0.39, 0.29) is 0 Å². The summed E-state index contributed by atoms with van der Waals surface area (Å²) in [5, 5.41) is 12.9. The van der Waals surface area contributed by atoms with Crippen molar-refractivity contribution in [2.24, 2.45) is 5.92 Å². The van der Waals surface area contributed by atoms with Crippen molar-refractivity contribution in [3.63, 3.8) is 0 Å². The van der Waals surface area contributed by atoms with Crippen LogP contribution in [0.25, 0.3) is 16.9 Å². The summed E-state index contributed by atoms with van der Waals surface area (Å²) in [6.45, 7) is 6.06. The number of rotatable bonds is 5. The number of morpholine rings is 1. The van der Waals surface area contributed by atoms with E-state index in [9.17, 15) is 0 Å². The van der Waals surface area contributed by atoms with Crippen molar-refractivity contribution in [3.8, 4) is 5.82 Å². The van der Waals surface area contributed by atoms with Crippen LogP contribution in [0.1, 0.15) is 12.8 Å². The lowest BCUT2D eigenvalue weighted by Gasteiger charge is -2.39. The largest absolute Gasteiger partial charge is 0.377 e. The molecule has 1 saturated carbocycles. The van der Waals surface area contributed by atoms with Gasteiger partial charge in [0.25, 0.3) is 0 Å². The molecule has 0 unspecified atom stereocenters. The number of pyridine rings is 2. The third kappa shape index (κ3) is 3.78. The fraction of sp³-hybridized carbons (Fsp3) is 0.440. The minimum atomic E-state index is 0.395. The number of fused-ring (bicyclic) bond motifs is 1. The van der Waals surface area contributed by atoms with Crippen LogP contribution >= 0.6 is 0 Å². The molecule has 4 aromatic rings. The first-order chi connectivity index (χ1) is 17.3. The molecule has 0 bridgehead atoms. The Bertz CT molecular complexity index is 1290. The summed E-state index contributed by atoms with van der Waals surface area (Å²) in [4.78, 5) is 17.0. The fourth-order valence-electron chi connectivity index (χ4n) is 5.42. The van der Waals surface area contributed by atoms with Gasteiger partial charge in [-0.2, -0.15) is 14.9 Å². The number of H-pyrrole nitrogens is 1. The van der Waals surface area contributed by atoms with E-state index in [0.29, 0.717) is 12.0 Å². The lowest BCUT2D eigenvalue weighted by Crippen LogP contribution is -2.48. The van der Waals surface area contributed by atoms with Crippen molar-refractivity contribution in [1.29, 1.82) is 0 Å². The lowest BCUT2D eigenvalue weighted by atomic mass is 10.1. The minimum absolute atomic E-state index is 0.395. The fourth-order valence-corrected chi connectivity index (χ4v) is 5.42. The van der Waals surface area contributed by atoms with Crippen molar-refractivity contribution in [1.82, 2.24) is 29.9 Å². The first-order valence-electron chi connectivity index (χ1n) is 12.5. The van der Waals surface area contributed by atoms with Crippen molar-refractivity contribution in [2.45, 2.75) is 18.9 Å². The zero-order valence-electron chi connectivity index (χ0n) is 19.6. The minimum Gasteiger partial charge on any atom is -0.377 e. The molecule has 1 N–H and O–H groups in total. The Labute approximate surface area is 203 Å². The van der Waals surface area contributed by atoms with Gasteiger partial charge in [-0.05, 0) is 30.9 Å². The molecule has 0 amide bonds. The number of hydrogen-bond donors (Lipinski definition) is 1. The number of nitrogens with one attached hydrogen (secondary N) is 1. The van der Waals surface area contributed by atoms with E-state index in [0.717, 1.165) is 74.4 Å². The van der Waals surface area contributed by atoms with Gasteiger partial charge in [0.2, 0.25) is 0 Å². The van der Waals surface area contributed by atoms with Crippen LogP contribution in [0.2, 0.25) is 0 Å². The Kier molecular flexibility index (Phi) is 5.04. The quantitative estimate of drug-likeness (QED) is 0.475. The molecule has 0 spiro atoms. The van der Waals surface area contributed by atoms with Gasteiger partial charge in [0.1, 0.15) is 11.6 Å². The molecule has 3 aliphatic rings. The summed E-state index contributed by atoms with van der Waals surface area (Å²) in [6, 6.07) is 10.7. The summed E-state index contributed by atoms with van der Waals surface area (Å²) < 4.78 is 7.74. The zero-order valence-corrected chi connectivity index (χ0v) is 19.6. The highest BCUT2D eigenvalue weighted by molar-refractivity contribution is 5.92. The maximum atomic E-state index is 5.87. The highest BCUT2D eigenvalue weighted by Gasteiger charge is 2.38. The van der Waals surface area contributed by atoms with Crippen LogP contribution in [0.15, 0.2) is 48.9 Å². The molecule has 1 atom stereocenters. The van der Waals surface area contributed by atoms with Crippen LogP contribution in [-0.2, 0) is 4.74 Å². The molecule has 10 heteroatoms. The van der Waals surface area contributed by atoms with Crippen molar-refractivity contribution in [2.75, 3.05) is 60.6 Å². The lowest BCUT2D eigenvalue weighted by molar-refractivity contribution is 0.0875. The van der Waals surface area contributed by atoms with Crippen LogP contribution < -0.4 is 14.7 Å². The first kappa shape index (κ1) is 20.7. The SMILES string of the molecule is c1ccc(N2CCN(c3cc(N4CCOC[C@H]4C4CC4)nc4c3cnn4-c3ccn[nH]3)CC2)nc1. The third-order valence-electron chi connectivity index (χ3n) is 7.44. The summed E-state index contributed by atoms with van der Waals surface area (Å²) in [5.74, 6) is 3.58. The van der Waals surface area contributed by atoms with Crippen LogP contribution in [0.5, 0.6) is 0 Å². The molecule has 1 aliphatic carbocycles. The van der Waals surface area contributed by atoms with Crippen LogP contribution in [0.4, 0.5) is 17.3 Å². The number of hydrogen-bond acceptors (Lipinski definition) is 8.